The van der Waals surface area contributed by atoms with Crippen LogP contribution >= 0.6 is 11.6 Å². The van der Waals surface area contributed by atoms with E-state index in [1.54, 1.807) is 12.2 Å². The molecule has 0 heterocycles. The van der Waals surface area contributed by atoms with Gasteiger partial charge in [0.1, 0.15) is 5.75 Å². The number of hydrogen-bond acceptors (Lipinski definition) is 4. The van der Waals surface area contributed by atoms with E-state index in [0.29, 0.717) is 23.6 Å². The van der Waals surface area contributed by atoms with Crippen LogP contribution in [-0.4, -0.2) is 25.9 Å². The molecule has 0 bridgehead atoms. The minimum Gasteiger partial charge on any atom is -0.506 e. The number of benzene rings is 1. The van der Waals surface area contributed by atoms with Crippen molar-refractivity contribution in [3.05, 3.63) is 22.7 Å². The second kappa shape index (κ2) is 5.63. The summed E-state index contributed by atoms with van der Waals surface area (Å²) >= 11 is 5.85. The van der Waals surface area contributed by atoms with Gasteiger partial charge in [0.05, 0.1) is 24.8 Å². The number of phenolic OH excluding ortho intramolecular Hbond substituents is 1. The van der Waals surface area contributed by atoms with Crippen LogP contribution in [0.2, 0.25) is 5.02 Å². The Morgan fingerprint density at radius 1 is 1.44 bits per heavy atom. The minimum atomic E-state index is -0.0518. The minimum absolute atomic E-state index is 0.0518. The molecule has 0 saturated carbocycles. The lowest BCUT2D eigenvalue weighted by Crippen LogP contribution is -1.96. The maximum Gasteiger partial charge on any atom is 0.171 e. The van der Waals surface area contributed by atoms with E-state index in [2.05, 4.69) is 0 Å². The molecule has 5 heteroatoms. The third-order valence-corrected chi connectivity index (χ3v) is 2.34. The Morgan fingerprint density at radius 3 is 2.62 bits per heavy atom. The standard InChI is InChI=1S/C11H14ClNO3/c1-15-9-6-8(12)10(14)7(4-3-5-13)11(9)16-2/h3-4,6,14H,5,13H2,1-2H3/b4-3+. The maximum absolute atomic E-state index is 9.80. The van der Waals surface area contributed by atoms with Crippen LogP contribution in [0.15, 0.2) is 12.1 Å². The predicted octanol–water partition coefficient (Wildman–Crippen LogP) is 2.03. The number of aromatic hydroxyl groups is 1. The van der Waals surface area contributed by atoms with Crippen LogP contribution < -0.4 is 15.2 Å². The lowest BCUT2D eigenvalue weighted by Gasteiger charge is -2.13. The molecule has 0 saturated heterocycles. The molecular formula is C11H14ClNO3. The average molecular weight is 244 g/mol. The summed E-state index contributed by atoms with van der Waals surface area (Å²) in [5.41, 5.74) is 5.81. The summed E-state index contributed by atoms with van der Waals surface area (Å²) in [6.07, 6.45) is 3.33. The predicted molar refractivity (Wildman–Crippen MR) is 64.3 cm³/mol. The number of hydrogen-bond donors (Lipinski definition) is 2. The molecular weight excluding hydrogens is 230 g/mol. The summed E-state index contributed by atoms with van der Waals surface area (Å²) in [4.78, 5) is 0. The zero-order valence-corrected chi connectivity index (χ0v) is 9.91. The third-order valence-electron chi connectivity index (χ3n) is 2.05. The van der Waals surface area contributed by atoms with Gasteiger partial charge in [0, 0.05) is 12.6 Å². The van der Waals surface area contributed by atoms with Crippen molar-refractivity contribution in [2.45, 2.75) is 0 Å². The first-order valence-corrected chi connectivity index (χ1v) is 5.03. The van der Waals surface area contributed by atoms with Crippen molar-refractivity contribution in [2.75, 3.05) is 20.8 Å². The van der Waals surface area contributed by atoms with Crippen molar-refractivity contribution in [3.63, 3.8) is 0 Å². The van der Waals surface area contributed by atoms with E-state index < -0.39 is 0 Å². The van der Waals surface area contributed by atoms with Gasteiger partial charge in [-0.1, -0.05) is 23.8 Å². The van der Waals surface area contributed by atoms with Crippen LogP contribution in [0, 0.1) is 0 Å². The Balaban J connectivity index is 3.40. The van der Waals surface area contributed by atoms with Gasteiger partial charge in [-0.3, -0.25) is 0 Å². The van der Waals surface area contributed by atoms with Gasteiger partial charge in [0.15, 0.2) is 11.5 Å². The van der Waals surface area contributed by atoms with Crippen LogP contribution in [0.5, 0.6) is 17.2 Å². The van der Waals surface area contributed by atoms with Crippen molar-refractivity contribution in [2.24, 2.45) is 5.73 Å². The number of rotatable bonds is 4. The van der Waals surface area contributed by atoms with Gasteiger partial charge in [0.25, 0.3) is 0 Å². The van der Waals surface area contributed by atoms with Gasteiger partial charge in [-0.25, -0.2) is 0 Å². The fourth-order valence-electron chi connectivity index (χ4n) is 1.32. The maximum atomic E-state index is 9.80. The summed E-state index contributed by atoms with van der Waals surface area (Å²) in [5.74, 6) is 0.833. The second-order valence-electron chi connectivity index (χ2n) is 2.99. The van der Waals surface area contributed by atoms with Crippen LogP contribution in [-0.2, 0) is 0 Å². The van der Waals surface area contributed by atoms with Crippen molar-refractivity contribution in [3.8, 4) is 17.2 Å². The van der Waals surface area contributed by atoms with Crippen LogP contribution in [0.25, 0.3) is 6.08 Å². The molecule has 0 aromatic heterocycles. The van der Waals surface area contributed by atoms with E-state index in [1.807, 2.05) is 0 Å². The molecule has 88 valence electrons. The number of nitrogens with two attached hydrogens (primary N) is 1. The first-order valence-electron chi connectivity index (χ1n) is 4.65. The highest BCUT2D eigenvalue weighted by molar-refractivity contribution is 6.32. The average Bonchev–Trinajstić information content (AvgIpc) is 2.30. The molecule has 0 amide bonds. The van der Waals surface area contributed by atoms with Crippen LogP contribution in [0.4, 0.5) is 0 Å². The first kappa shape index (κ1) is 12.7. The molecule has 16 heavy (non-hydrogen) atoms. The summed E-state index contributed by atoms with van der Waals surface area (Å²) in [6.45, 7) is 0.359. The highest BCUT2D eigenvalue weighted by Crippen LogP contribution is 2.42. The molecule has 0 aliphatic heterocycles. The molecule has 0 unspecified atom stereocenters. The number of ether oxygens (including phenoxy) is 2. The first-order chi connectivity index (χ1) is 7.65. The molecule has 0 spiro atoms. The molecule has 3 N–H and O–H groups in total. The zero-order chi connectivity index (χ0) is 12.1. The smallest absolute Gasteiger partial charge is 0.171 e. The monoisotopic (exact) mass is 243 g/mol. The Bertz CT molecular complexity index is 405. The van der Waals surface area contributed by atoms with Crippen LogP contribution in [0.3, 0.4) is 0 Å². The van der Waals surface area contributed by atoms with E-state index in [0.717, 1.165) is 0 Å². The molecule has 0 aliphatic carbocycles. The molecule has 4 nitrogen and oxygen atoms in total. The molecule has 0 atom stereocenters. The van der Waals surface area contributed by atoms with Gasteiger partial charge in [-0.2, -0.15) is 0 Å². The summed E-state index contributed by atoms with van der Waals surface area (Å²) < 4.78 is 10.3. The highest BCUT2D eigenvalue weighted by Gasteiger charge is 2.16. The third kappa shape index (κ3) is 2.40. The Morgan fingerprint density at radius 2 is 2.12 bits per heavy atom. The highest BCUT2D eigenvalue weighted by atomic mass is 35.5. The van der Waals surface area contributed by atoms with E-state index in [4.69, 9.17) is 26.8 Å². The molecule has 1 rings (SSSR count). The van der Waals surface area contributed by atoms with E-state index in [-0.39, 0.29) is 10.8 Å². The molecule has 0 aliphatic rings. The van der Waals surface area contributed by atoms with Crippen molar-refractivity contribution >= 4 is 17.7 Å². The van der Waals surface area contributed by atoms with Gasteiger partial charge in [0.2, 0.25) is 0 Å². The number of halogens is 1. The summed E-state index contributed by atoms with van der Waals surface area (Å²) in [5, 5.41) is 10.00. The summed E-state index contributed by atoms with van der Waals surface area (Å²) in [6, 6.07) is 1.50. The van der Waals surface area contributed by atoms with Crippen LogP contribution in [0.1, 0.15) is 5.56 Å². The largest absolute Gasteiger partial charge is 0.506 e. The topological polar surface area (TPSA) is 64.7 Å². The van der Waals surface area contributed by atoms with Crippen molar-refractivity contribution in [1.82, 2.24) is 0 Å². The van der Waals surface area contributed by atoms with Gasteiger partial charge >= 0.3 is 0 Å². The van der Waals surface area contributed by atoms with Gasteiger partial charge < -0.3 is 20.3 Å². The Labute approximate surface area is 99.2 Å². The number of methoxy groups -OCH3 is 2. The number of phenols is 1. The fraction of sp³-hybridized carbons (Fsp3) is 0.273. The molecule has 0 radical (unpaired) electrons. The Hall–Kier alpha value is -1.39. The molecule has 1 aromatic carbocycles. The van der Waals surface area contributed by atoms with Crippen molar-refractivity contribution < 1.29 is 14.6 Å². The van der Waals surface area contributed by atoms with Gasteiger partial charge in [-0.05, 0) is 0 Å². The molecule has 1 aromatic rings. The SMILES string of the molecule is COc1cc(Cl)c(O)c(/C=C/CN)c1OC. The lowest BCUT2D eigenvalue weighted by molar-refractivity contribution is 0.350. The quantitative estimate of drug-likeness (QED) is 0.849. The van der Waals surface area contributed by atoms with Crippen molar-refractivity contribution in [1.29, 1.82) is 0 Å². The van der Waals surface area contributed by atoms with E-state index in [1.165, 1.54) is 20.3 Å². The summed E-state index contributed by atoms with van der Waals surface area (Å²) in [7, 11) is 2.99. The second-order valence-corrected chi connectivity index (χ2v) is 3.40. The molecule has 0 fully saturated rings. The van der Waals surface area contributed by atoms with Gasteiger partial charge in [-0.15, -0.1) is 0 Å². The fourth-order valence-corrected chi connectivity index (χ4v) is 1.52. The van der Waals surface area contributed by atoms with E-state index in [9.17, 15) is 5.11 Å². The lowest BCUT2D eigenvalue weighted by atomic mass is 10.1. The zero-order valence-electron chi connectivity index (χ0n) is 9.16. The Kier molecular flexibility index (Phi) is 4.46. The normalized spacial score (nSPS) is 10.8. The van der Waals surface area contributed by atoms with E-state index >= 15 is 0 Å².